The highest BCUT2D eigenvalue weighted by molar-refractivity contribution is 6.29. The standard InChI is InChI=1S/C12H15ClN4O.C2H6/c1-8-6-15-12-10(5-11(13)16-17(8)12)14-7-9-3-2-4-18-9;1-2/h5-6,9,14H,2-4,7H2,1H3;1-2H3. The van der Waals surface area contributed by atoms with Gasteiger partial charge in [0.25, 0.3) is 0 Å². The number of fused-ring (bicyclic) bond motifs is 1. The number of hydrogen-bond acceptors (Lipinski definition) is 4. The molecule has 1 aliphatic rings. The summed E-state index contributed by atoms with van der Waals surface area (Å²) in [4.78, 5) is 4.34. The van der Waals surface area contributed by atoms with Gasteiger partial charge in [-0.2, -0.15) is 5.10 Å². The fraction of sp³-hybridized carbons (Fsp3) is 0.571. The Morgan fingerprint density at radius 3 is 3.00 bits per heavy atom. The number of anilines is 1. The smallest absolute Gasteiger partial charge is 0.177 e. The van der Waals surface area contributed by atoms with E-state index in [9.17, 15) is 0 Å². The summed E-state index contributed by atoms with van der Waals surface area (Å²) in [5, 5.41) is 8.03. The maximum Gasteiger partial charge on any atom is 0.177 e. The van der Waals surface area contributed by atoms with Crippen LogP contribution in [0.25, 0.3) is 5.65 Å². The van der Waals surface area contributed by atoms with Crippen molar-refractivity contribution in [2.24, 2.45) is 0 Å². The maximum absolute atomic E-state index is 6.02. The molecule has 0 amide bonds. The summed E-state index contributed by atoms with van der Waals surface area (Å²) in [5.74, 6) is 0. The number of halogens is 1. The van der Waals surface area contributed by atoms with Crippen molar-refractivity contribution in [3.8, 4) is 0 Å². The van der Waals surface area contributed by atoms with Gasteiger partial charge in [-0.3, -0.25) is 0 Å². The SMILES string of the molecule is CC.Cc1cnc2c(NCC3CCCO3)cc(Cl)nn12. The van der Waals surface area contributed by atoms with E-state index in [4.69, 9.17) is 16.3 Å². The number of nitrogens with one attached hydrogen (secondary N) is 1. The van der Waals surface area contributed by atoms with Crippen molar-refractivity contribution in [2.75, 3.05) is 18.5 Å². The topological polar surface area (TPSA) is 51.5 Å². The summed E-state index contributed by atoms with van der Waals surface area (Å²) >= 11 is 6.02. The van der Waals surface area contributed by atoms with Gasteiger partial charge in [0, 0.05) is 19.2 Å². The lowest BCUT2D eigenvalue weighted by Crippen LogP contribution is -2.19. The Hall–Kier alpha value is -1.33. The van der Waals surface area contributed by atoms with E-state index in [0.717, 1.165) is 43.0 Å². The van der Waals surface area contributed by atoms with Crippen LogP contribution in [-0.2, 0) is 4.74 Å². The number of ether oxygens (including phenoxy) is 1. The zero-order chi connectivity index (χ0) is 14.5. The number of rotatable bonds is 3. The molecule has 0 aliphatic carbocycles. The van der Waals surface area contributed by atoms with Crippen molar-refractivity contribution in [1.29, 1.82) is 0 Å². The summed E-state index contributed by atoms with van der Waals surface area (Å²) in [6.45, 7) is 7.59. The molecule has 1 fully saturated rings. The van der Waals surface area contributed by atoms with Crippen LogP contribution < -0.4 is 5.32 Å². The van der Waals surface area contributed by atoms with Crippen LogP contribution in [0.3, 0.4) is 0 Å². The minimum atomic E-state index is 0.285. The van der Waals surface area contributed by atoms with E-state index in [2.05, 4.69) is 15.4 Å². The van der Waals surface area contributed by atoms with Gasteiger partial charge in [0.15, 0.2) is 10.8 Å². The Bertz CT molecular complexity index is 564. The van der Waals surface area contributed by atoms with Crippen molar-refractivity contribution in [3.63, 3.8) is 0 Å². The molecule has 5 nitrogen and oxygen atoms in total. The van der Waals surface area contributed by atoms with E-state index in [1.54, 1.807) is 16.8 Å². The second-order valence-electron chi connectivity index (χ2n) is 4.53. The Kier molecular flexibility index (Phi) is 5.20. The van der Waals surface area contributed by atoms with Gasteiger partial charge >= 0.3 is 0 Å². The monoisotopic (exact) mass is 296 g/mol. The van der Waals surface area contributed by atoms with Gasteiger partial charge in [-0.25, -0.2) is 9.50 Å². The zero-order valence-corrected chi connectivity index (χ0v) is 12.9. The third-order valence-electron chi connectivity index (χ3n) is 3.15. The maximum atomic E-state index is 6.02. The van der Waals surface area contributed by atoms with Gasteiger partial charge < -0.3 is 10.1 Å². The average Bonchev–Trinajstić information content (AvgIpc) is 3.09. The fourth-order valence-electron chi connectivity index (χ4n) is 2.21. The van der Waals surface area contributed by atoms with Crippen LogP contribution >= 0.6 is 11.6 Å². The molecule has 0 bridgehead atoms. The van der Waals surface area contributed by atoms with E-state index in [1.807, 2.05) is 20.8 Å². The van der Waals surface area contributed by atoms with E-state index in [1.165, 1.54) is 0 Å². The molecule has 1 atom stereocenters. The van der Waals surface area contributed by atoms with Crippen LogP contribution in [0.15, 0.2) is 12.3 Å². The largest absolute Gasteiger partial charge is 0.379 e. The molecule has 3 heterocycles. The second-order valence-corrected chi connectivity index (χ2v) is 4.92. The van der Waals surface area contributed by atoms with Crippen molar-refractivity contribution < 1.29 is 4.74 Å². The van der Waals surface area contributed by atoms with E-state index >= 15 is 0 Å². The zero-order valence-electron chi connectivity index (χ0n) is 12.2. The molecule has 0 saturated carbocycles. The Labute approximate surface area is 124 Å². The molecule has 20 heavy (non-hydrogen) atoms. The van der Waals surface area contributed by atoms with Crippen LogP contribution in [-0.4, -0.2) is 33.9 Å². The van der Waals surface area contributed by atoms with Gasteiger partial charge in [-0.05, 0) is 19.8 Å². The molecule has 0 spiro atoms. The van der Waals surface area contributed by atoms with E-state index < -0.39 is 0 Å². The van der Waals surface area contributed by atoms with Gasteiger partial charge in [0.1, 0.15) is 0 Å². The summed E-state index contributed by atoms with van der Waals surface area (Å²) in [6.07, 6.45) is 4.32. The lowest BCUT2D eigenvalue weighted by molar-refractivity contribution is 0.120. The van der Waals surface area contributed by atoms with Gasteiger partial charge in [-0.15, -0.1) is 0 Å². The number of aryl methyl sites for hydroxylation is 1. The van der Waals surface area contributed by atoms with Crippen LogP contribution in [0.5, 0.6) is 0 Å². The minimum Gasteiger partial charge on any atom is -0.379 e. The molecule has 3 rings (SSSR count). The first-order valence-corrected chi connectivity index (χ1v) is 7.48. The van der Waals surface area contributed by atoms with E-state index in [0.29, 0.717) is 5.15 Å². The summed E-state index contributed by atoms with van der Waals surface area (Å²) < 4.78 is 7.33. The van der Waals surface area contributed by atoms with Crippen LogP contribution in [0, 0.1) is 6.92 Å². The Morgan fingerprint density at radius 1 is 1.50 bits per heavy atom. The Balaban J connectivity index is 0.000000704. The normalized spacial score (nSPS) is 17.9. The number of imidazole rings is 1. The number of aromatic nitrogens is 3. The minimum absolute atomic E-state index is 0.285. The highest BCUT2D eigenvalue weighted by Gasteiger charge is 2.16. The lowest BCUT2D eigenvalue weighted by atomic mass is 10.2. The first-order chi connectivity index (χ1) is 9.74. The molecule has 1 unspecified atom stereocenters. The van der Waals surface area contributed by atoms with Gasteiger partial charge in [-0.1, -0.05) is 25.4 Å². The molecule has 1 saturated heterocycles. The van der Waals surface area contributed by atoms with Gasteiger partial charge in [0.2, 0.25) is 0 Å². The molecular weight excluding hydrogens is 276 g/mol. The fourth-order valence-corrected chi connectivity index (χ4v) is 2.39. The molecule has 2 aromatic heterocycles. The molecular formula is C14H21ClN4O. The quantitative estimate of drug-likeness (QED) is 0.944. The third kappa shape index (κ3) is 3.22. The summed E-state index contributed by atoms with van der Waals surface area (Å²) in [5.41, 5.74) is 2.67. The Morgan fingerprint density at radius 2 is 2.30 bits per heavy atom. The van der Waals surface area contributed by atoms with Crippen molar-refractivity contribution >= 4 is 22.9 Å². The van der Waals surface area contributed by atoms with E-state index in [-0.39, 0.29) is 6.10 Å². The third-order valence-corrected chi connectivity index (χ3v) is 3.34. The first-order valence-electron chi connectivity index (χ1n) is 7.10. The van der Waals surface area contributed by atoms with Gasteiger partial charge in [0.05, 0.1) is 23.7 Å². The molecule has 1 aliphatic heterocycles. The predicted octanol–water partition coefficient (Wildman–Crippen LogP) is 3.31. The van der Waals surface area contributed by atoms with Crippen LogP contribution in [0.4, 0.5) is 5.69 Å². The molecule has 1 N–H and O–H groups in total. The number of hydrogen-bond donors (Lipinski definition) is 1. The van der Waals surface area contributed by atoms with Crippen molar-refractivity contribution in [2.45, 2.75) is 39.7 Å². The van der Waals surface area contributed by atoms with Crippen molar-refractivity contribution in [1.82, 2.24) is 14.6 Å². The highest BCUT2D eigenvalue weighted by Crippen LogP contribution is 2.21. The summed E-state index contributed by atoms with van der Waals surface area (Å²) in [7, 11) is 0. The molecule has 0 aromatic carbocycles. The van der Waals surface area contributed by atoms with Crippen LogP contribution in [0.2, 0.25) is 5.15 Å². The number of nitrogens with zero attached hydrogens (tertiary/aromatic N) is 3. The highest BCUT2D eigenvalue weighted by atomic mass is 35.5. The molecule has 110 valence electrons. The molecule has 6 heteroatoms. The first kappa shape index (κ1) is 15.1. The molecule has 0 radical (unpaired) electrons. The average molecular weight is 297 g/mol. The molecule has 2 aromatic rings. The van der Waals surface area contributed by atoms with Crippen LogP contribution in [0.1, 0.15) is 32.4 Å². The lowest BCUT2D eigenvalue weighted by Gasteiger charge is -2.12. The summed E-state index contributed by atoms with van der Waals surface area (Å²) in [6, 6.07) is 1.80. The predicted molar refractivity (Wildman–Crippen MR) is 81.5 cm³/mol. The second kappa shape index (κ2) is 6.90. The van der Waals surface area contributed by atoms with Crippen molar-refractivity contribution in [3.05, 3.63) is 23.1 Å².